The number of nitrogens with zero attached hydrogens (tertiary/aromatic N) is 1. The molecule has 1 N–H and O–H groups in total. The summed E-state index contributed by atoms with van der Waals surface area (Å²) in [6, 6.07) is 7.62. The molecular formula is C16H19ClN2O2. The van der Waals surface area contributed by atoms with E-state index in [1.807, 2.05) is 29.2 Å². The minimum absolute atomic E-state index is 0.00693. The Bertz CT molecular complexity index is 558. The minimum atomic E-state index is -0.00693. The first-order valence-corrected chi connectivity index (χ1v) is 7.73. The van der Waals surface area contributed by atoms with Crippen molar-refractivity contribution in [2.24, 2.45) is 5.41 Å². The molecule has 0 bridgehead atoms. The molecule has 2 heterocycles. The number of carbonyl (C=O) groups is 2. The number of halogens is 1. The van der Waals surface area contributed by atoms with Gasteiger partial charge in [-0.1, -0.05) is 23.7 Å². The monoisotopic (exact) mass is 306 g/mol. The summed E-state index contributed by atoms with van der Waals surface area (Å²) in [6.07, 6.45) is 2.74. The molecule has 2 aliphatic rings. The van der Waals surface area contributed by atoms with E-state index in [1.165, 1.54) is 0 Å². The van der Waals surface area contributed by atoms with Crippen LogP contribution in [0.1, 0.15) is 24.8 Å². The topological polar surface area (TPSA) is 49.4 Å². The van der Waals surface area contributed by atoms with Gasteiger partial charge in [0.05, 0.1) is 0 Å². The minimum Gasteiger partial charge on any atom is -0.355 e. The van der Waals surface area contributed by atoms with Crippen molar-refractivity contribution in [1.82, 2.24) is 10.2 Å². The summed E-state index contributed by atoms with van der Waals surface area (Å²) in [5, 5.41) is 3.60. The van der Waals surface area contributed by atoms with E-state index >= 15 is 0 Å². The van der Waals surface area contributed by atoms with Gasteiger partial charge in [-0.05, 0) is 30.5 Å². The maximum Gasteiger partial charge on any atom is 0.222 e. The van der Waals surface area contributed by atoms with Crippen LogP contribution in [0.25, 0.3) is 0 Å². The van der Waals surface area contributed by atoms with Gasteiger partial charge in [0, 0.05) is 42.9 Å². The van der Waals surface area contributed by atoms with Crippen LogP contribution < -0.4 is 5.32 Å². The molecule has 2 fully saturated rings. The van der Waals surface area contributed by atoms with Crippen LogP contribution in [0.5, 0.6) is 0 Å². The molecule has 0 aliphatic carbocycles. The molecule has 1 aromatic carbocycles. The summed E-state index contributed by atoms with van der Waals surface area (Å²) in [4.78, 5) is 25.6. The Kier molecular flexibility index (Phi) is 3.89. The molecule has 2 amide bonds. The Balaban J connectivity index is 1.52. The van der Waals surface area contributed by atoms with Crippen molar-refractivity contribution in [2.75, 3.05) is 19.6 Å². The second-order valence-corrected chi connectivity index (χ2v) is 6.58. The lowest BCUT2D eigenvalue weighted by atomic mass is 9.86. The lowest BCUT2D eigenvalue weighted by molar-refractivity contribution is -0.130. The molecule has 4 nitrogen and oxygen atoms in total. The van der Waals surface area contributed by atoms with Gasteiger partial charge in [0.2, 0.25) is 11.8 Å². The fourth-order valence-electron chi connectivity index (χ4n) is 3.25. The van der Waals surface area contributed by atoms with Gasteiger partial charge in [-0.15, -0.1) is 0 Å². The van der Waals surface area contributed by atoms with Crippen molar-refractivity contribution < 1.29 is 9.59 Å². The molecule has 2 saturated heterocycles. The first kappa shape index (κ1) is 14.4. The number of likely N-dealkylation sites (tertiary alicyclic amines) is 1. The zero-order valence-corrected chi connectivity index (χ0v) is 12.7. The van der Waals surface area contributed by atoms with E-state index < -0.39 is 0 Å². The van der Waals surface area contributed by atoms with Crippen LogP contribution in [-0.4, -0.2) is 36.3 Å². The lowest BCUT2D eigenvalue weighted by Gasteiger charge is -2.21. The molecule has 1 atom stereocenters. The number of amides is 2. The summed E-state index contributed by atoms with van der Waals surface area (Å²) >= 11 is 5.85. The Hall–Kier alpha value is -1.55. The molecule has 0 aromatic heterocycles. The van der Waals surface area contributed by atoms with Crippen LogP contribution in [0.3, 0.4) is 0 Å². The summed E-state index contributed by atoms with van der Waals surface area (Å²) in [5.74, 6) is 0.298. The Labute approximate surface area is 129 Å². The van der Waals surface area contributed by atoms with Crippen LogP contribution >= 0.6 is 11.6 Å². The highest BCUT2D eigenvalue weighted by Crippen LogP contribution is 2.36. The maximum atomic E-state index is 12.3. The quantitative estimate of drug-likeness (QED) is 0.929. The van der Waals surface area contributed by atoms with Gasteiger partial charge >= 0.3 is 0 Å². The Morgan fingerprint density at radius 1 is 1.33 bits per heavy atom. The second kappa shape index (κ2) is 5.68. The van der Waals surface area contributed by atoms with E-state index in [-0.39, 0.29) is 17.2 Å². The van der Waals surface area contributed by atoms with Crippen molar-refractivity contribution in [2.45, 2.75) is 25.7 Å². The molecule has 3 rings (SSSR count). The standard InChI is InChI=1S/C16H19ClN2O2/c17-13-4-1-12(2-5-13)3-6-15(21)19-8-7-16(11-19)9-14(20)18-10-16/h1-2,4-5H,3,6-11H2,(H,18,20). The van der Waals surface area contributed by atoms with Gasteiger partial charge in [-0.3, -0.25) is 9.59 Å². The van der Waals surface area contributed by atoms with Crippen molar-refractivity contribution >= 4 is 23.4 Å². The fourth-order valence-corrected chi connectivity index (χ4v) is 3.37. The molecule has 5 heteroatoms. The Morgan fingerprint density at radius 2 is 2.10 bits per heavy atom. The molecule has 1 aromatic rings. The number of hydrogen-bond acceptors (Lipinski definition) is 2. The average Bonchev–Trinajstić information content (AvgIpc) is 3.05. The number of aryl methyl sites for hydroxylation is 1. The van der Waals surface area contributed by atoms with Crippen molar-refractivity contribution in [3.8, 4) is 0 Å². The number of rotatable bonds is 3. The van der Waals surface area contributed by atoms with Crippen molar-refractivity contribution in [1.29, 1.82) is 0 Å². The van der Waals surface area contributed by atoms with Crippen LogP contribution in [0, 0.1) is 5.41 Å². The average molecular weight is 307 g/mol. The van der Waals surface area contributed by atoms with E-state index in [9.17, 15) is 9.59 Å². The largest absolute Gasteiger partial charge is 0.355 e. The first-order valence-electron chi connectivity index (χ1n) is 7.35. The summed E-state index contributed by atoms with van der Waals surface area (Å²) in [5.41, 5.74) is 1.12. The predicted octanol–water partition coefficient (Wildman–Crippen LogP) is 2.01. The van der Waals surface area contributed by atoms with Gasteiger partial charge in [0.1, 0.15) is 0 Å². The van der Waals surface area contributed by atoms with Gasteiger partial charge in [0.25, 0.3) is 0 Å². The highest BCUT2D eigenvalue weighted by Gasteiger charge is 2.44. The summed E-state index contributed by atoms with van der Waals surface area (Å²) < 4.78 is 0. The normalized spacial score (nSPS) is 24.6. The molecular weight excluding hydrogens is 288 g/mol. The Morgan fingerprint density at radius 3 is 2.76 bits per heavy atom. The molecule has 0 saturated carbocycles. The van der Waals surface area contributed by atoms with Crippen LogP contribution in [0.2, 0.25) is 5.02 Å². The molecule has 21 heavy (non-hydrogen) atoms. The second-order valence-electron chi connectivity index (χ2n) is 6.15. The van der Waals surface area contributed by atoms with Crippen molar-refractivity contribution in [3.05, 3.63) is 34.9 Å². The lowest BCUT2D eigenvalue weighted by Crippen LogP contribution is -2.33. The zero-order chi connectivity index (χ0) is 14.9. The number of nitrogens with one attached hydrogen (secondary N) is 1. The summed E-state index contributed by atoms with van der Waals surface area (Å²) in [7, 11) is 0. The fraction of sp³-hybridized carbons (Fsp3) is 0.500. The molecule has 0 radical (unpaired) electrons. The maximum absolute atomic E-state index is 12.3. The third kappa shape index (κ3) is 3.21. The van der Waals surface area contributed by atoms with Crippen LogP contribution in [0.15, 0.2) is 24.3 Å². The van der Waals surface area contributed by atoms with Crippen molar-refractivity contribution in [3.63, 3.8) is 0 Å². The van der Waals surface area contributed by atoms with E-state index in [1.54, 1.807) is 0 Å². The molecule has 1 spiro atoms. The third-order valence-electron chi connectivity index (χ3n) is 4.53. The SMILES string of the molecule is O=C1CC2(CCN(C(=O)CCc3ccc(Cl)cc3)C2)CN1. The van der Waals surface area contributed by atoms with Gasteiger partial charge in [-0.25, -0.2) is 0 Å². The number of hydrogen-bond donors (Lipinski definition) is 1. The highest BCUT2D eigenvalue weighted by molar-refractivity contribution is 6.30. The molecule has 1 unspecified atom stereocenters. The number of carbonyl (C=O) groups excluding carboxylic acids is 2. The third-order valence-corrected chi connectivity index (χ3v) is 4.78. The van der Waals surface area contributed by atoms with Gasteiger partial charge in [0.15, 0.2) is 0 Å². The van der Waals surface area contributed by atoms with Gasteiger partial charge < -0.3 is 10.2 Å². The highest BCUT2D eigenvalue weighted by atomic mass is 35.5. The van der Waals surface area contributed by atoms with Crippen LogP contribution in [-0.2, 0) is 16.0 Å². The van der Waals surface area contributed by atoms with Gasteiger partial charge in [-0.2, -0.15) is 0 Å². The number of benzene rings is 1. The van der Waals surface area contributed by atoms with E-state index in [0.717, 1.165) is 24.9 Å². The molecule has 112 valence electrons. The smallest absolute Gasteiger partial charge is 0.222 e. The van der Waals surface area contributed by atoms with E-state index in [0.29, 0.717) is 31.0 Å². The molecule has 2 aliphatic heterocycles. The van der Waals surface area contributed by atoms with Crippen LogP contribution in [0.4, 0.5) is 0 Å². The summed E-state index contributed by atoms with van der Waals surface area (Å²) in [6.45, 7) is 2.20. The predicted molar refractivity (Wildman–Crippen MR) is 81.0 cm³/mol. The first-order chi connectivity index (χ1) is 10.1. The zero-order valence-electron chi connectivity index (χ0n) is 11.9. The van der Waals surface area contributed by atoms with E-state index in [4.69, 9.17) is 11.6 Å². The van der Waals surface area contributed by atoms with E-state index in [2.05, 4.69) is 5.32 Å².